The monoisotopic (exact) mass is 445 g/mol. The van der Waals surface area contributed by atoms with Gasteiger partial charge in [-0.2, -0.15) is 10.1 Å². The van der Waals surface area contributed by atoms with Crippen LogP contribution in [0.3, 0.4) is 0 Å². The predicted molar refractivity (Wildman–Crippen MR) is 116 cm³/mol. The van der Waals surface area contributed by atoms with E-state index in [1.165, 1.54) is 7.11 Å². The molecule has 11 heteroatoms. The van der Waals surface area contributed by atoms with Crippen LogP contribution in [0, 0.1) is 5.53 Å². The zero-order chi connectivity index (χ0) is 22.7. The average Bonchev–Trinajstić information content (AvgIpc) is 3.22. The van der Waals surface area contributed by atoms with Crippen LogP contribution in [0.5, 0.6) is 5.88 Å². The summed E-state index contributed by atoms with van der Waals surface area (Å²) < 4.78 is 32.5. The van der Waals surface area contributed by atoms with Crippen molar-refractivity contribution >= 4 is 22.8 Å². The Labute approximate surface area is 183 Å². The number of nitrogens with zero attached hydrogens (tertiary/aromatic N) is 4. The average molecular weight is 445 g/mol. The van der Waals surface area contributed by atoms with Gasteiger partial charge in [0.1, 0.15) is 11.2 Å². The third-order valence-electron chi connectivity index (χ3n) is 5.58. The molecule has 4 N–H and O–H groups in total. The number of aromatic nitrogens is 3. The Hall–Kier alpha value is -3.34. The third-order valence-corrected chi connectivity index (χ3v) is 5.58. The first-order valence-corrected chi connectivity index (χ1v) is 10.4. The number of aliphatic hydroxyl groups excluding tert-OH is 1. The van der Waals surface area contributed by atoms with Crippen LogP contribution in [-0.2, 0) is 0 Å². The molecule has 4 rings (SSSR count). The highest BCUT2D eigenvalue weighted by molar-refractivity contribution is 5.87. The maximum atomic E-state index is 12.7. The second-order valence-electron chi connectivity index (χ2n) is 7.73. The number of nitrogens with one attached hydrogen (secondary N) is 3. The van der Waals surface area contributed by atoms with E-state index in [0.717, 1.165) is 36.8 Å². The Morgan fingerprint density at radius 1 is 1.28 bits per heavy atom. The lowest BCUT2D eigenvalue weighted by Gasteiger charge is -2.26. The highest BCUT2D eigenvalue weighted by Crippen LogP contribution is 2.36. The molecule has 0 unspecified atom stereocenters. The number of benzene rings is 1. The molecular weight excluding hydrogens is 420 g/mol. The van der Waals surface area contributed by atoms with E-state index in [9.17, 15) is 13.9 Å². The highest BCUT2D eigenvalue weighted by atomic mass is 19.3. The molecule has 9 nitrogen and oxygen atoms in total. The molecule has 1 aliphatic rings. The Morgan fingerprint density at radius 3 is 2.75 bits per heavy atom. The summed E-state index contributed by atoms with van der Waals surface area (Å²) in [5.41, 5.74) is 10.0. The van der Waals surface area contributed by atoms with Crippen LogP contribution in [-0.4, -0.2) is 51.9 Å². The number of hydrogen-bond donors (Lipinski definition) is 4. The Balaban J connectivity index is 1.67. The minimum atomic E-state index is -2.53. The number of ether oxygens (including phenoxy) is 1. The normalized spacial score (nSPS) is 18.7. The summed E-state index contributed by atoms with van der Waals surface area (Å²) in [6, 6.07) is 7.05. The van der Waals surface area contributed by atoms with Gasteiger partial charge in [0.05, 0.1) is 25.4 Å². The van der Waals surface area contributed by atoms with Crippen molar-refractivity contribution in [1.29, 1.82) is 5.53 Å². The van der Waals surface area contributed by atoms with Crippen molar-refractivity contribution in [2.45, 2.75) is 44.3 Å². The van der Waals surface area contributed by atoms with Crippen LogP contribution in [0.25, 0.3) is 16.6 Å². The number of aliphatic hydroxyl groups is 1. The summed E-state index contributed by atoms with van der Waals surface area (Å²) >= 11 is 0. The van der Waals surface area contributed by atoms with E-state index in [4.69, 9.17) is 10.3 Å². The van der Waals surface area contributed by atoms with Crippen molar-refractivity contribution in [1.82, 2.24) is 14.6 Å². The molecular formula is C21H25F2N7O2. The Kier molecular flexibility index (Phi) is 6.45. The summed E-state index contributed by atoms with van der Waals surface area (Å²) in [5, 5.41) is 23.6. The molecule has 2 aromatic heterocycles. The molecule has 1 aliphatic carbocycles. The minimum Gasteiger partial charge on any atom is -0.479 e. The fraction of sp³-hybridized carbons (Fsp3) is 0.429. The molecule has 0 saturated heterocycles. The Bertz CT molecular complexity index is 1100. The number of anilines is 2. The van der Waals surface area contributed by atoms with Gasteiger partial charge in [-0.3, -0.25) is 0 Å². The van der Waals surface area contributed by atoms with E-state index in [1.54, 1.807) is 28.9 Å². The van der Waals surface area contributed by atoms with E-state index in [0.29, 0.717) is 23.0 Å². The first kappa shape index (κ1) is 21.9. The van der Waals surface area contributed by atoms with Crippen molar-refractivity contribution in [3.8, 4) is 17.0 Å². The lowest BCUT2D eigenvalue weighted by atomic mass is 9.93. The van der Waals surface area contributed by atoms with Crippen molar-refractivity contribution in [2.75, 3.05) is 24.3 Å². The molecule has 0 bridgehead atoms. The van der Waals surface area contributed by atoms with Gasteiger partial charge in [-0.25, -0.2) is 18.8 Å². The SMILES string of the molecule is COc1nc(NC2CCC(O)CC2)nn2ccc(-c3ccc(N=N)c(NCC(F)F)c3)c12. The number of fused-ring (bicyclic) bond motifs is 1. The molecule has 1 fully saturated rings. The number of hydrogen-bond acceptors (Lipinski definition) is 8. The first-order valence-electron chi connectivity index (χ1n) is 10.4. The highest BCUT2D eigenvalue weighted by Gasteiger charge is 2.22. The zero-order valence-corrected chi connectivity index (χ0v) is 17.6. The van der Waals surface area contributed by atoms with Gasteiger partial charge in [-0.15, -0.1) is 5.10 Å². The van der Waals surface area contributed by atoms with Crippen molar-refractivity contribution in [2.24, 2.45) is 5.11 Å². The summed E-state index contributed by atoms with van der Waals surface area (Å²) in [7, 11) is 1.53. The van der Waals surface area contributed by atoms with Crippen LogP contribution in [0.2, 0.25) is 0 Å². The third kappa shape index (κ3) is 4.62. The van der Waals surface area contributed by atoms with E-state index in [1.807, 2.05) is 6.07 Å². The maximum absolute atomic E-state index is 12.7. The smallest absolute Gasteiger partial charge is 0.255 e. The molecule has 32 heavy (non-hydrogen) atoms. The summed E-state index contributed by atoms with van der Waals surface area (Å²) in [6.45, 7) is -0.540. The van der Waals surface area contributed by atoms with Gasteiger partial charge < -0.3 is 20.5 Å². The van der Waals surface area contributed by atoms with Gasteiger partial charge in [-0.1, -0.05) is 6.07 Å². The zero-order valence-electron chi connectivity index (χ0n) is 17.6. The molecule has 3 aromatic rings. The van der Waals surface area contributed by atoms with Crippen LogP contribution in [0.15, 0.2) is 35.6 Å². The summed E-state index contributed by atoms with van der Waals surface area (Å²) in [4.78, 5) is 4.52. The number of halogens is 2. The second-order valence-corrected chi connectivity index (χ2v) is 7.73. The van der Waals surface area contributed by atoms with Gasteiger partial charge in [0.25, 0.3) is 6.43 Å². The number of rotatable bonds is 8. The molecule has 0 amide bonds. The van der Waals surface area contributed by atoms with Crippen LogP contribution < -0.4 is 15.4 Å². The van der Waals surface area contributed by atoms with E-state index >= 15 is 0 Å². The molecule has 1 aromatic carbocycles. The summed E-state index contributed by atoms with van der Waals surface area (Å²) in [6.07, 6.45) is 2.17. The van der Waals surface area contributed by atoms with Gasteiger partial charge in [0.15, 0.2) is 0 Å². The van der Waals surface area contributed by atoms with Gasteiger partial charge >= 0.3 is 0 Å². The van der Waals surface area contributed by atoms with Crippen molar-refractivity contribution in [3.05, 3.63) is 30.5 Å². The molecule has 170 valence electrons. The number of methoxy groups -OCH3 is 1. The summed E-state index contributed by atoms with van der Waals surface area (Å²) in [5.74, 6) is 0.801. The second kappa shape index (κ2) is 9.43. The molecule has 0 aliphatic heterocycles. The fourth-order valence-corrected chi connectivity index (χ4v) is 3.96. The van der Waals surface area contributed by atoms with Crippen molar-refractivity contribution < 1.29 is 18.6 Å². The van der Waals surface area contributed by atoms with Gasteiger partial charge in [0, 0.05) is 17.8 Å². The largest absolute Gasteiger partial charge is 0.479 e. The predicted octanol–water partition coefficient (Wildman–Crippen LogP) is 4.46. The standard InChI is InChI=1S/C21H25F2N7O2/c1-32-20-19-15(12-2-7-16(28-24)17(10-12)25-11-18(22)23)8-9-30(19)29-21(27-20)26-13-3-5-14(31)6-4-13/h2,7-10,13-14,18,24-25,31H,3-6,11H2,1H3,(H,26,29). The molecule has 0 atom stereocenters. The van der Waals surface area contributed by atoms with Crippen molar-refractivity contribution in [3.63, 3.8) is 0 Å². The quantitative estimate of drug-likeness (QED) is 0.380. The minimum absolute atomic E-state index is 0.181. The van der Waals surface area contributed by atoms with E-state index < -0.39 is 13.0 Å². The molecule has 1 saturated carbocycles. The molecule has 0 spiro atoms. The fourth-order valence-electron chi connectivity index (χ4n) is 3.96. The first-order chi connectivity index (χ1) is 15.5. The molecule has 2 heterocycles. The Morgan fingerprint density at radius 2 is 2.06 bits per heavy atom. The lowest BCUT2D eigenvalue weighted by Crippen LogP contribution is -2.29. The lowest BCUT2D eigenvalue weighted by molar-refractivity contribution is 0.126. The van der Waals surface area contributed by atoms with Gasteiger partial charge in [-0.05, 0) is 49.4 Å². The van der Waals surface area contributed by atoms with Crippen LogP contribution in [0.4, 0.5) is 26.1 Å². The van der Waals surface area contributed by atoms with Crippen LogP contribution >= 0.6 is 0 Å². The van der Waals surface area contributed by atoms with Crippen LogP contribution in [0.1, 0.15) is 25.7 Å². The molecule has 0 radical (unpaired) electrons. The van der Waals surface area contributed by atoms with E-state index in [-0.39, 0.29) is 17.8 Å². The van der Waals surface area contributed by atoms with Gasteiger partial charge in [0.2, 0.25) is 11.8 Å². The van der Waals surface area contributed by atoms with E-state index in [2.05, 4.69) is 25.8 Å². The maximum Gasteiger partial charge on any atom is 0.255 e. The number of alkyl halides is 2. The topological polar surface area (TPSA) is 120 Å².